The van der Waals surface area contributed by atoms with Gasteiger partial charge in [-0.1, -0.05) is 20.8 Å². The Morgan fingerprint density at radius 3 is 2.38 bits per heavy atom. The minimum Gasteiger partial charge on any atom is -0.481 e. The summed E-state index contributed by atoms with van der Waals surface area (Å²) in [7, 11) is 1.76. The number of carboxylic acids is 1. The molecule has 12 nitrogen and oxygen atoms in total. The number of aryl methyl sites for hydroxylation is 1. The van der Waals surface area contributed by atoms with Crippen LogP contribution in [0.15, 0.2) is 17.8 Å². The lowest BCUT2D eigenvalue weighted by Crippen LogP contribution is -2.44. The quantitative estimate of drug-likeness (QED) is 0.289. The molecule has 2 amide bonds. The number of nitrogens with zero attached hydrogens (tertiary/aromatic N) is 4. The number of hydrogen-bond donors (Lipinski definition) is 2. The van der Waals surface area contributed by atoms with Gasteiger partial charge in [0.15, 0.2) is 6.10 Å². The lowest BCUT2D eigenvalue weighted by Gasteiger charge is -2.35. The third-order valence-corrected chi connectivity index (χ3v) is 8.22. The van der Waals surface area contributed by atoms with Crippen molar-refractivity contribution in [3.63, 3.8) is 0 Å². The molecular formula is C29H41N5O7S. The van der Waals surface area contributed by atoms with Gasteiger partial charge in [0.2, 0.25) is 5.91 Å². The number of carboxylic acid groups (broad SMARTS) is 1. The predicted molar refractivity (Wildman–Crippen MR) is 155 cm³/mol. The smallest absolute Gasteiger partial charge is 0.306 e. The fourth-order valence-electron chi connectivity index (χ4n) is 4.74. The highest BCUT2D eigenvalue weighted by molar-refractivity contribution is 7.09. The van der Waals surface area contributed by atoms with Gasteiger partial charge < -0.3 is 24.8 Å². The highest BCUT2D eigenvalue weighted by atomic mass is 32.1. The van der Waals surface area contributed by atoms with E-state index in [1.807, 2.05) is 20.8 Å². The van der Waals surface area contributed by atoms with Crippen molar-refractivity contribution >= 4 is 35.1 Å². The molecule has 3 rings (SSSR count). The fourth-order valence-corrected chi connectivity index (χ4v) is 5.58. The summed E-state index contributed by atoms with van der Waals surface area (Å²) < 4.78 is 10.8. The number of carbonyl (C=O) groups excluding carboxylic acids is 3. The van der Waals surface area contributed by atoms with E-state index in [1.165, 1.54) is 18.3 Å². The lowest BCUT2D eigenvalue weighted by molar-refractivity contribution is -0.149. The normalized spacial score (nSPS) is 16.2. The van der Waals surface area contributed by atoms with Gasteiger partial charge in [-0.3, -0.25) is 19.2 Å². The molecule has 1 aliphatic heterocycles. The van der Waals surface area contributed by atoms with Gasteiger partial charge in [-0.05, 0) is 24.8 Å². The zero-order valence-corrected chi connectivity index (χ0v) is 25.8. The molecule has 4 atom stereocenters. The number of nitrogens with one attached hydrogen (secondary N) is 1. The van der Waals surface area contributed by atoms with Crippen LogP contribution < -0.4 is 5.32 Å². The minimum absolute atomic E-state index is 0.00182. The summed E-state index contributed by atoms with van der Waals surface area (Å²) in [5.41, 5.74) is 1.01. The molecule has 0 aromatic carbocycles. The molecule has 0 aliphatic carbocycles. The van der Waals surface area contributed by atoms with Crippen molar-refractivity contribution in [3.8, 4) is 0 Å². The molecule has 230 valence electrons. The van der Waals surface area contributed by atoms with Gasteiger partial charge in [-0.2, -0.15) is 0 Å². The first kappa shape index (κ1) is 33.1. The second-order valence-electron chi connectivity index (χ2n) is 11.4. The van der Waals surface area contributed by atoms with Gasteiger partial charge in [0.05, 0.1) is 19.1 Å². The second-order valence-corrected chi connectivity index (χ2v) is 12.2. The average Bonchev–Trinajstić information content (AvgIpc) is 3.39. The van der Waals surface area contributed by atoms with E-state index in [9.17, 15) is 24.3 Å². The highest BCUT2D eigenvalue weighted by Crippen LogP contribution is 2.31. The van der Waals surface area contributed by atoms with Crippen LogP contribution in [0.1, 0.15) is 79.9 Å². The number of hydrogen-bond acceptors (Lipinski definition) is 10. The molecular weight excluding hydrogens is 562 g/mol. The van der Waals surface area contributed by atoms with Crippen LogP contribution in [-0.4, -0.2) is 81.1 Å². The average molecular weight is 604 g/mol. The molecule has 42 heavy (non-hydrogen) atoms. The number of aliphatic carboxylic acids is 1. The van der Waals surface area contributed by atoms with E-state index in [4.69, 9.17) is 9.47 Å². The number of aromatic nitrogens is 3. The van der Waals surface area contributed by atoms with Crippen LogP contribution in [0.3, 0.4) is 0 Å². The Bertz CT molecular complexity index is 1230. The van der Waals surface area contributed by atoms with Crippen molar-refractivity contribution in [1.82, 2.24) is 25.2 Å². The van der Waals surface area contributed by atoms with Crippen molar-refractivity contribution in [2.45, 2.75) is 78.5 Å². The zero-order chi connectivity index (χ0) is 31.0. The summed E-state index contributed by atoms with van der Waals surface area (Å²) in [5.74, 6) is -1.87. The van der Waals surface area contributed by atoms with Crippen molar-refractivity contribution in [2.24, 2.45) is 17.8 Å². The molecule has 1 fully saturated rings. The molecule has 3 heterocycles. The fraction of sp³-hybridized carbons (Fsp3) is 0.621. The molecule has 1 saturated heterocycles. The van der Waals surface area contributed by atoms with E-state index in [-0.39, 0.29) is 42.3 Å². The summed E-state index contributed by atoms with van der Waals surface area (Å²) >= 11 is 1.19. The van der Waals surface area contributed by atoms with E-state index >= 15 is 0 Å². The standard InChI is InChI=1S/C29H41N5O7S/c1-16(2)23(34(6)26(36)8-20-13-40-14-20)10-24(41-19(5)35)28-33-22(15-42-28)27(37)32-21(7-18(4)29(38)39)9-25-30-11-17(3)12-31-25/h11-12,15-16,18,20-21,23-24H,7-10,13-14H2,1-6H3,(H,32,37)(H,38,39). The Morgan fingerprint density at radius 1 is 1.17 bits per heavy atom. The van der Waals surface area contributed by atoms with Gasteiger partial charge in [0.1, 0.15) is 16.5 Å². The Morgan fingerprint density at radius 2 is 1.83 bits per heavy atom. The highest BCUT2D eigenvalue weighted by Gasteiger charge is 2.33. The van der Waals surface area contributed by atoms with Gasteiger partial charge in [0.25, 0.3) is 5.91 Å². The lowest BCUT2D eigenvalue weighted by atomic mass is 9.95. The molecule has 2 N–H and O–H groups in total. The Kier molecular flexibility index (Phi) is 11.9. The first-order chi connectivity index (χ1) is 19.8. The summed E-state index contributed by atoms with van der Waals surface area (Å²) in [5, 5.41) is 14.3. The molecule has 0 spiro atoms. The predicted octanol–water partition coefficient (Wildman–Crippen LogP) is 3.21. The maximum atomic E-state index is 13.2. The van der Waals surface area contributed by atoms with Crippen LogP contribution in [0.4, 0.5) is 0 Å². The Hall–Kier alpha value is -3.45. The van der Waals surface area contributed by atoms with Crippen LogP contribution in [0, 0.1) is 24.7 Å². The van der Waals surface area contributed by atoms with E-state index < -0.39 is 35.9 Å². The number of amides is 2. The van der Waals surface area contributed by atoms with Gasteiger partial charge in [-0.15, -0.1) is 11.3 Å². The third kappa shape index (κ3) is 9.55. The molecule has 4 unspecified atom stereocenters. The van der Waals surface area contributed by atoms with Gasteiger partial charge in [0, 0.05) is 69.0 Å². The van der Waals surface area contributed by atoms with E-state index in [0.29, 0.717) is 36.9 Å². The Balaban J connectivity index is 1.75. The third-order valence-electron chi connectivity index (χ3n) is 7.28. The van der Waals surface area contributed by atoms with E-state index in [0.717, 1.165) is 5.56 Å². The molecule has 13 heteroatoms. The number of carbonyl (C=O) groups is 4. The van der Waals surface area contributed by atoms with E-state index in [2.05, 4.69) is 20.3 Å². The van der Waals surface area contributed by atoms with Crippen molar-refractivity contribution in [3.05, 3.63) is 39.9 Å². The summed E-state index contributed by atoms with van der Waals surface area (Å²) in [6.07, 6.45) is 3.72. The van der Waals surface area contributed by atoms with Crippen LogP contribution in [-0.2, 0) is 30.3 Å². The number of esters is 1. The summed E-state index contributed by atoms with van der Waals surface area (Å²) in [4.78, 5) is 64.5. The molecule has 1 aliphatic rings. The molecule has 2 aromatic heterocycles. The molecule has 0 radical (unpaired) electrons. The Labute approximate surface area is 250 Å². The number of thiazole rings is 1. The summed E-state index contributed by atoms with van der Waals surface area (Å²) in [6, 6.07) is -0.785. The molecule has 2 aromatic rings. The van der Waals surface area contributed by atoms with E-state index in [1.54, 1.807) is 36.6 Å². The number of rotatable bonds is 15. The van der Waals surface area contributed by atoms with Gasteiger partial charge in [-0.25, -0.2) is 15.0 Å². The first-order valence-electron chi connectivity index (χ1n) is 14.1. The van der Waals surface area contributed by atoms with Crippen molar-refractivity contribution < 1.29 is 33.8 Å². The van der Waals surface area contributed by atoms with Crippen LogP contribution >= 0.6 is 11.3 Å². The maximum Gasteiger partial charge on any atom is 0.306 e. The maximum absolute atomic E-state index is 13.2. The minimum atomic E-state index is -0.969. The van der Waals surface area contributed by atoms with Gasteiger partial charge >= 0.3 is 11.9 Å². The number of ether oxygens (including phenoxy) is 2. The van der Waals surface area contributed by atoms with Crippen molar-refractivity contribution in [2.75, 3.05) is 20.3 Å². The summed E-state index contributed by atoms with van der Waals surface area (Å²) in [6.45, 7) is 9.92. The first-order valence-corrected chi connectivity index (χ1v) is 15.0. The topological polar surface area (TPSA) is 161 Å². The molecule has 0 saturated carbocycles. The van der Waals surface area contributed by atoms with Crippen LogP contribution in [0.25, 0.3) is 0 Å². The van der Waals surface area contributed by atoms with Crippen molar-refractivity contribution in [1.29, 1.82) is 0 Å². The zero-order valence-electron chi connectivity index (χ0n) is 25.0. The second kappa shape index (κ2) is 15.1. The largest absolute Gasteiger partial charge is 0.481 e. The monoisotopic (exact) mass is 603 g/mol. The van der Waals surface area contributed by atoms with Crippen LogP contribution in [0.2, 0.25) is 0 Å². The van der Waals surface area contributed by atoms with Crippen LogP contribution in [0.5, 0.6) is 0 Å². The molecule has 0 bridgehead atoms. The SMILES string of the molecule is CC(=O)OC(CC(C(C)C)N(C)C(=O)CC1COC1)c1nc(C(=O)NC(Cc2ncc(C)cn2)CC(C)C(=O)O)cs1.